The van der Waals surface area contributed by atoms with Gasteiger partial charge in [-0.05, 0) is 6.92 Å². The van der Waals surface area contributed by atoms with Crippen molar-refractivity contribution in [3.63, 3.8) is 0 Å². The predicted octanol–water partition coefficient (Wildman–Crippen LogP) is -0.793. The van der Waals surface area contributed by atoms with Gasteiger partial charge in [-0.25, -0.2) is 13.1 Å². The van der Waals surface area contributed by atoms with E-state index in [1.165, 1.54) is 0 Å². The van der Waals surface area contributed by atoms with E-state index in [9.17, 15) is 8.42 Å². The van der Waals surface area contributed by atoms with E-state index in [4.69, 9.17) is 5.73 Å². The van der Waals surface area contributed by atoms with Gasteiger partial charge in [0.1, 0.15) is 0 Å². The first-order valence-electron chi connectivity index (χ1n) is 2.57. The Morgan fingerprint density at radius 2 is 2.11 bits per heavy atom. The molecule has 0 aliphatic carbocycles. The third-order valence-electron chi connectivity index (χ3n) is 0.721. The second kappa shape index (κ2) is 3.14. The first-order chi connectivity index (χ1) is 3.95. The number of sulfonamides is 1. The van der Waals surface area contributed by atoms with Gasteiger partial charge in [-0.15, -0.1) is 0 Å². The fourth-order valence-corrected chi connectivity index (χ4v) is 1.22. The van der Waals surface area contributed by atoms with Gasteiger partial charge in [0.05, 0.1) is 6.26 Å². The molecule has 0 aromatic rings. The van der Waals surface area contributed by atoms with Crippen LogP contribution < -0.4 is 10.5 Å². The molecule has 0 aliphatic heterocycles. The second-order valence-corrected chi connectivity index (χ2v) is 3.78. The fourth-order valence-electron chi connectivity index (χ4n) is 0.407. The van der Waals surface area contributed by atoms with Crippen molar-refractivity contribution in [2.24, 2.45) is 0 Å². The lowest BCUT2D eigenvalue weighted by molar-refractivity contribution is 0.567. The van der Waals surface area contributed by atoms with Crippen LogP contribution in [0.25, 0.3) is 0 Å². The van der Waals surface area contributed by atoms with Gasteiger partial charge in [-0.3, -0.25) is 5.73 Å². The molecule has 55 valence electrons. The minimum atomic E-state index is -3.11. The molecule has 0 spiro atoms. The molecule has 5 heteroatoms. The van der Waals surface area contributed by atoms with E-state index < -0.39 is 10.0 Å². The fraction of sp³-hybridized carbons (Fsp3) is 1.00. The van der Waals surface area contributed by atoms with Gasteiger partial charge in [-0.2, -0.15) is 0 Å². The molecule has 0 heterocycles. The summed E-state index contributed by atoms with van der Waals surface area (Å²) in [5.74, 6) is 0. The molecule has 2 N–H and O–H groups in total. The van der Waals surface area contributed by atoms with Crippen LogP contribution in [0.4, 0.5) is 0 Å². The van der Waals surface area contributed by atoms with Crippen molar-refractivity contribution in [3.8, 4) is 0 Å². The van der Waals surface area contributed by atoms with Crippen molar-refractivity contribution >= 4 is 10.0 Å². The number of rotatable bonds is 3. The zero-order chi connectivity index (χ0) is 7.49. The molecule has 1 atom stereocenters. The quantitative estimate of drug-likeness (QED) is 0.574. The highest BCUT2D eigenvalue weighted by Gasteiger charge is 2.04. The molecule has 9 heavy (non-hydrogen) atoms. The highest BCUT2D eigenvalue weighted by Crippen LogP contribution is 1.80. The molecule has 0 amide bonds. The summed E-state index contributed by atoms with van der Waals surface area (Å²) >= 11 is 0. The molecule has 0 rings (SSSR count). The Balaban J connectivity index is 3.75. The van der Waals surface area contributed by atoms with Crippen LogP contribution >= 0.6 is 0 Å². The van der Waals surface area contributed by atoms with Crippen LogP contribution in [0.5, 0.6) is 0 Å². The van der Waals surface area contributed by atoms with Gasteiger partial charge < -0.3 is 0 Å². The first-order valence-corrected chi connectivity index (χ1v) is 4.46. The highest BCUT2D eigenvalue weighted by molar-refractivity contribution is 7.88. The predicted molar refractivity (Wildman–Crippen MR) is 35.4 cm³/mol. The molecule has 1 radical (unpaired) electrons. The van der Waals surface area contributed by atoms with Crippen molar-refractivity contribution < 1.29 is 8.42 Å². The molecule has 0 saturated heterocycles. The smallest absolute Gasteiger partial charge is 0.208 e. The van der Waals surface area contributed by atoms with E-state index in [2.05, 4.69) is 4.72 Å². The van der Waals surface area contributed by atoms with E-state index in [1.54, 1.807) is 6.92 Å². The van der Waals surface area contributed by atoms with E-state index in [1.807, 2.05) is 0 Å². The summed E-state index contributed by atoms with van der Waals surface area (Å²) in [6.07, 6.45) is 1.08. The van der Waals surface area contributed by atoms with Crippen LogP contribution in [0.1, 0.15) is 6.92 Å². The number of nitrogens with one attached hydrogen (secondary N) is 2. The maximum absolute atomic E-state index is 10.4. The third kappa shape index (κ3) is 5.75. The summed E-state index contributed by atoms with van der Waals surface area (Å²) in [5, 5.41) is 0. The van der Waals surface area contributed by atoms with Crippen molar-refractivity contribution in [3.05, 3.63) is 0 Å². The highest BCUT2D eigenvalue weighted by atomic mass is 32.2. The molecule has 4 nitrogen and oxygen atoms in total. The van der Waals surface area contributed by atoms with Crippen LogP contribution in [0.15, 0.2) is 0 Å². The average molecular weight is 151 g/mol. The Kier molecular flexibility index (Phi) is 3.10. The molecule has 0 saturated carbocycles. The number of hydrogen-bond donors (Lipinski definition) is 1. The minimum Gasteiger partial charge on any atom is -0.256 e. The normalized spacial score (nSPS) is 15.4. The van der Waals surface area contributed by atoms with Crippen LogP contribution in [0, 0.1) is 0 Å². The largest absolute Gasteiger partial charge is 0.256 e. The van der Waals surface area contributed by atoms with Crippen molar-refractivity contribution in [2.45, 2.75) is 13.0 Å². The molecule has 0 aromatic heterocycles. The van der Waals surface area contributed by atoms with E-state index >= 15 is 0 Å². The summed E-state index contributed by atoms with van der Waals surface area (Å²) in [5.41, 5.74) is 6.76. The average Bonchev–Trinajstić information content (AvgIpc) is 1.62. The Hall–Kier alpha value is -0.130. The third-order valence-corrected chi connectivity index (χ3v) is 1.55. The van der Waals surface area contributed by atoms with Gasteiger partial charge >= 0.3 is 0 Å². The maximum atomic E-state index is 10.4. The summed E-state index contributed by atoms with van der Waals surface area (Å²) in [7, 11) is -3.11. The van der Waals surface area contributed by atoms with Gasteiger partial charge in [0.25, 0.3) is 0 Å². The molecule has 1 unspecified atom stereocenters. The Labute approximate surface area is 55.5 Å². The lowest BCUT2D eigenvalue weighted by Crippen LogP contribution is -2.34. The van der Waals surface area contributed by atoms with E-state index in [0.29, 0.717) is 0 Å². The molecular formula is C4H11N2O2S. The van der Waals surface area contributed by atoms with Crippen molar-refractivity contribution in [1.82, 2.24) is 10.5 Å². The second-order valence-electron chi connectivity index (χ2n) is 2.00. The lowest BCUT2D eigenvalue weighted by atomic mass is 10.4. The monoisotopic (exact) mass is 151 g/mol. The Bertz CT molecular complexity index is 163. The number of hydrogen-bond acceptors (Lipinski definition) is 2. The van der Waals surface area contributed by atoms with Gasteiger partial charge in [-0.1, -0.05) is 0 Å². The molecule has 0 fully saturated rings. The summed E-state index contributed by atoms with van der Waals surface area (Å²) < 4.78 is 23.1. The minimum absolute atomic E-state index is 0.0765. The van der Waals surface area contributed by atoms with Crippen LogP contribution in [0.2, 0.25) is 0 Å². The molecule has 0 bridgehead atoms. The van der Waals surface area contributed by atoms with Crippen LogP contribution in [-0.2, 0) is 10.0 Å². The Morgan fingerprint density at radius 3 is 2.22 bits per heavy atom. The van der Waals surface area contributed by atoms with Crippen LogP contribution in [-0.4, -0.2) is 27.3 Å². The summed E-state index contributed by atoms with van der Waals surface area (Å²) in [4.78, 5) is 0. The van der Waals surface area contributed by atoms with Crippen molar-refractivity contribution in [1.29, 1.82) is 0 Å². The summed E-state index contributed by atoms with van der Waals surface area (Å²) in [6.45, 7) is 1.72. The maximum Gasteiger partial charge on any atom is 0.208 e. The molecule has 0 aliphatic rings. The topological polar surface area (TPSA) is 70.0 Å². The van der Waals surface area contributed by atoms with Gasteiger partial charge in [0.2, 0.25) is 10.0 Å². The van der Waals surface area contributed by atoms with Crippen molar-refractivity contribution in [2.75, 3.05) is 12.8 Å². The first kappa shape index (κ1) is 8.87. The lowest BCUT2D eigenvalue weighted by Gasteiger charge is -2.06. The summed E-state index contributed by atoms with van der Waals surface area (Å²) in [6, 6.07) is -0.278. The van der Waals surface area contributed by atoms with Gasteiger partial charge in [0.15, 0.2) is 0 Å². The zero-order valence-corrected chi connectivity index (χ0v) is 6.33. The van der Waals surface area contributed by atoms with Gasteiger partial charge in [0, 0.05) is 12.6 Å². The van der Waals surface area contributed by atoms with E-state index in [0.717, 1.165) is 6.26 Å². The standard InChI is InChI=1S/C4H11N2O2S/c1-4(3-5)6-9(2,7)8/h4-6H,3H2,1-2H3. The Morgan fingerprint density at radius 1 is 1.67 bits per heavy atom. The molecule has 0 aromatic carbocycles. The van der Waals surface area contributed by atoms with E-state index in [-0.39, 0.29) is 12.6 Å². The van der Waals surface area contributed by atoms with Crippen LogP contribution in [0.3, 0.4) is 0 Å². The zero-order valence-electron chi connectivity index (χ0n) is 5.51. The molecular weight excluding hydrogens is 140 g/mol. The SMILES string of the molecule is CC(C[NH])NS(C)(=O)=O.